The molecule has 2 atom stereocenters. The Labute approximate surface area is 133 Å². The van der Waals surface area contributed by atoms with Crippen LogP contribution >= 0.6 is 0 Å². The van der Waals surface area contributed by atoms with Crippen molar-refractivity contribution in [2.75, 3.05) is 31.5 Å². The van der Waals surface area contributed by atoms with Gasteiger partial charge in [-0.1, -0.05) is 6.07 Å². The quantitative estimate of drug-likeness (QED) is 0.831. The highest BCUT2D eigenvalue weighted by atomic mass is 19.1. The second-order valence-electron chi connectivity index (χ2n) is 5.91. The molecule has 1 heterocycles. The maximum absolute atomic E-state index is 13.1. The molecule has 1 saturated heterocycles. The largest absolute Gasteiger partial charge is 0.342 e. The average Bonchev–Trinajstić information content (AvgIpc) is 3.35. The number of piperazine rings is 1. The van der Waals surface area contributed by atoms with Crippen LogP contribution in [0.2, 0.25) is 0 Å². The molecule has 1 saturated carbocycles. The van der Waals surface area contributed by atoms with Crippen molar-refractivity contribution in [3.05, 3.63) is 30.1 Å². The van der Waals surface area contributed by atoms with Crippen LogP contribution in [0.5, 0.6) is 0 Å². The third-order valence-electron chi connectivity index (χ3n) is 4.31. The highest BCUT2D eigenvalue weighted by molar-refractivity contribution is 5.99. The van der Waals surface area contributed by atoms with E-state index in [2.05, 4.69) is 5.32 Å². The number of hydrogen-bond donors (Lipinski definition) is 1. The number of carbonyl (C=O) groups is 3. The molecule has 1 aromatic carbocycles. The van der Waals surface area contributed by atoms with Crippen LogP contribution in [-0.2, 0) is 14.4 Å². The number of amides is 3. The van der Waals surface area contributed by atoms with Crippen molar-refractivity contribution >= 4 is 23.9 Å². The minimum Gasteiger partial charge on any atom is -0.342 e. The number of nitrogens with zero attached hydrogens (tertiary/aromatic N) is 2. The number of anilines is 1. The van der Waals surface area contributed by atoms with Crippen LogP contribution in [0.1, 0.15) is 6.42 Å². The van der Waals surface area contributed by atoms with E-state index in [1.807, 2.05) is 0 Å². The van der Waals surface area contributed by atoms with E-state index in [4.69, 9.17) is 0 Å². The molecule has 23 heavy (non-hydrogen) atoms. The molecule has 0 radical (unpaired) electrons. The van der Waals surface area contributed by atoms with Gasteiger partial charge in [-0.25, -0.2) is 4.39 Å². The molecule has 2 fully saturated rings. The molecule has 2 unspecified atom stereocenters. The van der Waals surface area contributed by atoms with Crippen LogP contribution < -0.4 is 5.32 Å². The fourth-order valence-electron chi connectivity index (χ4n) is 2.84. The Morgan fingerprint density at radius 2 is 1.91 bits per heavy atom. The van der Waals surface area contributed by atoms with Gasteiger partial charge in [-0.05, 0) is 24.6 Å². The number of carbonyl (C=O) groups excluding carboxylic acids is 3. The first kappa shape index (κ1) is 15.5. The predicted octanol–water partition coefficient (Wildman–Crippen LogP) is 0.701. The van der Waals surface area contributed by atoms with E-state index in [-0.39, 0.29) is 23.7 Å². The van der Waals surface area contributed by atoms with E-state index >= 15 is 0 Å². The van der Waals surface area contributed by atoms with Gasteiger partial charge >= 0.3 is 0 Å². The first-order chi connectivity index (χ1) is 11.1. The third kappa shape index (κ3) is 3.49. The fraction of sp³-hybridized carbons (Fsp3) is 0.438. The Morgan fingerprint density at radius 3 is 2.57 bits per heavy atom. The van der Waals surface area contributed by atoms with Gasteiger partial charge in [0.2, 0.25) is 18.2 Å². The minimum absolute atomic E-state index is 0.0325. The van der Waals surface area contributed by atoms with Crippen LogP contribution in [0.4, 0.5) is 10.1 Å². The average molecular weight is 319 g/mol. The Kier molecular flexibility index (Phi) is 4.27. The Hall–Kier alpha value is -2.44. The van der Waals surface area contributed by atoms with Gasteiger partial charge in [0.05, 0.1) is 11.8 Å². The lowest BCUT2D eigenvalue weighted by molar-refractivity contribution is -0.137. The van der Waals surface area contributed by atoms with Gasteiger partial charge in [0.15, 0.2) is 0 Å². The summed E-state index contributed by atoms with van der Waals surface area (Å²) < 4.78 is 13.1. The van der Waals surface area contributed by atoms with Gasteiger partial charge < -0.3 is 15.1 Å². The highest BCUT2D eigenvalue weighted by Crippen LogP contribution is 2.41. The summed E-state index contributed by atoms with van der Waals surface area (Å²) in [4.78, 5) is 38.5. The molecule has 7 heteroatoms. The fourth-order valence-corrected chi connectivity index (χ4v) is 2.84. The minimum atomic E-state index is -0.417. The summed E-state index contributed by atoms with van der Waals surface area (Å²) in [7, 11) is 0. The summed E-state index contributed by atoms with van der Waals surface area (Å²) in [6.07, 6.45) is 1.31. The molecule has 1 aliphatic carbocycles. The highest BCUT2D eigenvalue weighted by Gasteiger charge is 2.49. The standard InChI is InChI=1S/C16H18FN3O3/c17-11-2-1-3-12(8-11)18-15(22)13-9-14(13)16(23)20-6-4-19(10-21)5-7-20/h1-3,8,10,13-14H,4-7,9H2,(H,18,22). The molecule has 0 bridgehead atoms. The van der Waals surface area contributed by atoms with E-state index in [1.54, 1.807) is 15.9 Å². The van der Waals surface area contributed by atoms with E-state index < -0.39 is 5.82 Å². The first-order valence-corrected chi connectivity index (χ1v) is 7.63. The maximum atomic E-state index is 13.1. The molecule has 1 aromatic rings. The Morgan fingerprint density at radius 1 is 1.17 bits per heavy atom. The lowest BCUT2D eigenvalue weighted by Crippen LogP contribution is -2.48. The topological polar surface area (TPSA) is 69.7 Å². The molecule has 6 nitrogen and oxygen atoms in total. The van der Waals surface area contributed by atoms with Gasteiger partial charge in [0.25, 0.3) is 0 Å². The summed E-state index contributed by atoms with van der Waals surface area (Å²) in [5.74, 6) is -1.35. The first-order valence-electron chi connectivity index (χ1n) is 7.63. The predicted molar refractivity (Wildman–Crippen MR) is 80.8 cm³/mol. The molecular formula is C16H18FN3O3. The monoisotopic (exact) mass is 319 g/mol. The third-order valence-corrected chi connectivity index (χ3v) is 4.31. The van der Waals surface area contributed by atoms with Gasteiger partial charge in [-0.2, -0.15) is 0 Å². The van der Waals surface area contributed by atoms with Crippen LogP contribution in [0.3, 0.4) is 0 Å². The van der Waals surface area contributed by atoms with E-state index in [9.17, 15) is 18.8 Å². The number of nitrogens with one attached hydrogen (secondary N) is 1. The number of halogens is 1. The van der Waals surface area contributed by atoms with Crippen molar-refractivity contribution in [1.82, 2.24) is 9.80 Å². The molecule has 3 amide bonds. The van der Waals surface area contributed by atoms with Crippen molar-refractivity contribution in [2.45, 2.75) is 6.42 Å². The number of hydrogen-bond acceptors (Lipinski definition) is 3. The van der Waals surface area contributed by atoms with Crippen molar-refractivity contribution in [1.29, 1.82) is 0 Å². The van der Waals surface area contributed by atoms with Crippen molar-refractivity contribution in [2.24, 2.45) is 11.8 Å². The number of benzene rings is 1. The normalized spacial score (nSPS) is 23.3. The molecule has 1 N–H and O–H groups in total. The van der Waals surface area contributed by atoms with Crippen molar-refractivity contribution < 1.29 is 18.8 Å². The van der Waals surface area contributed by atoms with Crippen molar-refractivity contribution in [3.8, 4) is 0 Å². The smallest absolute Gasteiger partial charge is 0.228 e. The maximum Gasteiger partial charge on any atom is 0.228 e. The van der Waals surface area contributed by atoms with Gasteiger partial charge in [0.1, 0.15) is 5.82 Å². The van der Waals surface area contributed by atoms with Crippen LogP contribution in [0.15, 0.2) is 24.3 Å². The van der Waals surface area contributed by atoms with Crippen LogP contribution in [0.25, 0.3) is 0 Å². The van der Waals surface area contributed by atoms with Crippen LogP contribution in [0, 0.1) is 17.7 Å². The van der Waals surface area contributed by atoms with Crippen molar-refractivity contribution in [3.63, 3.8) is 0 Å². The Balaban J connectivity index is 1.51. The lowest BCUT2D eigenvalue weighted by atomic mass is 10.2. The Bertz CT molecular complexity index is 629. The van der Waals surface area contributed by atoms with E-state index in [0.717, 1.165) is 6.41 Å². The molecule has 3 rings (SSSR count). The zero-order chi connectivity index (χ0) is 16.4. The number of rotatable bonds is 4. The second-order valence-corrected chi connectivity index (χ2v) is 5.91. The summed E-state index contributed by atoms with van der Waals surface area (Å²) in [5, 5.41) is 2.64. The molecule has 2 aliphatic rings. The van der Waals surface area contributed by atoms with Gasteiger partial charge in [-0.15, -0.1) is 0 Å². The molecule has 122 valence electrons. The molecule has 1 aliphatic heterocycles. The summed E-state index contributed by atoms with van der Waals surface area (Å²) in [5.41, 5.74) is 0.396. The summed E-state index contributed by atoms with van der Waals surface area (Å²) >= 11 is 0. The molecule has 0 spiro atoms. The lowest BCUT2D eigenvalue weighted by Gasteiger charge is -2.32. The second kappa shape index (κ2) is 6.36. The zero-order valence-corrected chi connectivity index (χ0v) is 12.6. The summed E-state index contributed by atoms with van der Waals surface area (Å²) in [6.45, 7) is 2.07. The zero-order valence-electron chi connectivity index (χ0n) is 12.6. The van der Waals surface area contributed by atoms with Crippen LogP contribution in [-0.4, -0.2) is 54.2 Å². The molecular weight excluding hydrogens is 301 g/mol. The van der Waals surface area contributed by atoms with E-state index in [1.165, 1.54) is 18.2 Å². The van der Waals surface area contributed by atoms with Gasteiger partial charge in [-0.3, -0.25) is 14.4 Å². The summed E-state index contributed by atoms with van der Waals surface area (Å²) in [6, 6.07) is 5.68. The van der Waals surface area contributed by atoms with Gasteiger partial charge in [0, 0.05) is 31.9 Å². The van der Waals surface area contributed by atoms with E-state index in [0.29, 0.717) is 38.3 Å². The SMILES string of the molecule is O=CN1CCN(C(=O)C2CC2C(=O)Nc2cccc(F)c2)CC1. The molecule has 0 aromatic heterocycles.